The summed E-state index contributed by atoms with van der Waals surface area (Å²) in [5.41, 5.74) is 2.21. The minimum absolute atomic E-state index is 0.190. The highest BCUT2D eigenvalue weighted by atomic mass is 79.9. The zero-order valence-corrected chi connectivity index (χ0v) is 15.4. The van der Waals surface area contributed by atoms with Crippen LogP contribution in [0.15, 0.2) is 40.2 Å². The average Bonchev–Trinajstić information content (AvgIpc) is 2.98. The molecule has 0 saturated carbocycles. The number of amides is 1. The van der Waals surface area contributed by atoms with E-state index >= 15 is 0 Å². The maximum Gasteiger partial charge on any atom is 0.310 e. The lowest BCUT2D eigenvalue weighted by Crippen LogP contribution is -2.34. The van der Waals surface area contributed by atoms with Gasteiger partial charge < -0.3 is 10.1 Å². The topological polar surface area (TPSA) is 55.4 Å². The summed E-state index contributed by atoms with van der Waals surface area (Å²) in [5, 5.41) is 4.65. The molecule has 122 valence electrons. The van der Waals surface area contributed by atoms with E-state index in [2.05, 4.69) is 21.2 Å². The Balaban J connectivity index is 2.01. The Morgan fingerprint density at radius 1 is 1.26 bits per heavy atom. The van der Waals surface area contributed by atoms with Crippen molar-refractivity contribution in [1.82, 2.24) is 5.32 Å². The van der Waals surface area contributed by atoms with Crippen molar-refractivity contribution in [1.29, 1.82) is 0 Å². The number of ether oxygens (including phenoxy) is 1. The van der Waals surface area contributed by atoms with E-state index in [4.69, 9.17) is 4.74 Å². The van der Waals surface area contributed by atoms with Gasteiger partial charge in [-0.05, 0) is 46.3 Å². The summed E-state index contributed by atoms with van der Waals surface area (Å²) in [5.74, 6) is -0.925. The van der Waals surface area contributed by atoms with E-state index in [0.29, 0.717) is 11.3 Å². The maximum absolute atomic E-state index is 12.2. The fraction of sp³-hybridized carbons (Fsp3) is 0.294. The van der Waals surface area contributed by atoms with Crippen LogP contribution in [0, 0.1) is 12.8 Å². The number of carbonyl (C=O) groups excluding carboxylic acids is 2. The Morgan fingerprint density at radius 2 is 1.96 bits per heavy atom. The molecule has 2 aromatic rings. The van der Waals surface area contributed by atoms with E-state index in [0.717, 1.165) is 10.0 Å². The molecule has 0 saturated heterocycles. The molecule has 1 heterocycles. The summed E-state index contributed by atoms with van der Waals surface area (Å²) in [6.07, 6.45) is 0.527. The van der Waals surface area contributed by atoms with Gasteiger partial charge >= 0.3 is 5.97 Å². The first-order chi connectivity index (χ1) is 11.0. The second-order valence-corrected chi connectivity index (χ2v) is 6.99. The van der Waals surface area contributed by atoms with Crippen LogP contribution in [-0.4, -0.2) is 25.5 Å². The van der Waals surface area contributed by atoms with Crippen molar-refractivity contribution in [2.45, 2.75) is 13.3 Å². The highest BCUT2D eigenvalue weighted by Gasteiger charge is 2.21. The molecule has 1 aromatic heterocycles. The van der Waals surface area contributed by atoms with Gasteiger partial charge in [-0.15, -0.1) is 11.3 Å². The van der Waals surface area contributed by atoms with Gasteiger partial charge in [0.25, 0.3) is 5.91 Å². The van der Waals surface area contributed by atoms with E-state index in [1.54, 1.807) is 0 Å². The van der Waals surface area contributed by atoms with Crippen molar-refractivity contribution in [3.63, 3.8) is 0 Å². The second kappa shape index (κ2) is 8.26. The molecule has 1 unspecified atom stereocenters. The quantitative estimate of drug-likeness (QED) is 0.760. The smallest absolute Gasteiger partial charge is 0.310 e. The Bertz CT molecular complexity index is 681. The normalized spacial score (nSPS) is 11.8. The van der Waals surface area contributed by atoms with Gasteiger partial charge in [0.05, 0.1) is 13.0 Å². The molecule has 0 bridgehead atoms. The van der Waals surface area contributed by atoms with Gasteiger partial charge in [-0.1, -0.05) is 29.8 Å². The number of halogens is 1. The Morgan fingerprint density at radius 3 is 2.52 bits per heavy atom. The lowest BCUT2D eigenvalue weighted by atomic mass is 9.98. The first kappa shape index (κ1) is 17.7. The summed E-state index contributed by atoms with van der Waals surface area (Å²) in [6.45, 7) is 2.25. The number of thiophene rings is 1. The standard InChI is InChI=1S/C17H18BrNO3S/c1-11-3-5-12(6-4-11)9-13(17(21)22-2)10-19-16(20)15-14(18)7-8-23-15/h3-8,13H,9-10H2,1-2H3,(H,19,20). The minimum atomic E-state index is -0.412. The van der Waals surface area contributed by atoms with E-state index < -0.39 is 5.92 Å². The fourth-order valence-corrected chi connectivity index (χ4v) is 3.63. The van der Waals surface area contributed by atoms with Crippen molar-refractivity contribution in [3.8, 4) is 0 Å². The van der Waals surface area contributed by atoms with Crippen molar-refractivity contribution in [3.05, 3.63) is 56.2 Å². The fourth-order valence-electron chi connectivity index (χ4n) is 2.17. The van der Waals surface area contributed by atoms with Crippen LogP contribution in [0.4, 0.5) is 0 Å². The highest BCUT2D eigenvalue weighted by Crippen LogP contribution is 2.22. The molecule has 0 aliphatic heterocycles. The molecule has 0 aliphatic rings. The second-order valence-electron chi connectivity index (χ2n) is 5.22. The predicted octanol–water partition coefficient (Wildman–Crippen LogP) is 3.58. The molecular formula is C17H18BrNO3S. The number of rotatable bonds is 6. The molecule has 23 heavy (non-hydrogen) atoms. The van der Waals surface area contributed by atoms with Crippen molar-refractivity contribution in [2.24, 2.45) is 5.92 Å². The summed E-state index contributed by atoms with van der Waals surface area (Å²) >= 11 is 4.69. The van der Waals surface area contributed by atoms with Gasteiger partial charge in [-0.2, -0.15) is 0 Å². The van der Waals surface area contributed by atoms with Crippen LogP contribution in [0.5, 0.6) is 0 Å². The van der Waals surface area contributed by atoms with Crippen LogP contribution in [-0.2, 0) is 16.0 Å². The molecular weight excluding hydrogens is 378 g/mol. The third kappa shape index (κ3) is 4.91. The van der Waals surface area contributed by atoms with Gasteiger partial charge in [0.2, 0.25) is 0 Å². The van der Waals surface area contributed by atoms with Gasteiger partial charge in [-0.25, -0.2) is 0 Å². The molecule has 0 spiro atoms. The monoisotopic (exact) mass is 395 g/mol. The van der Waals surface area contributed by atoms with Crippen molar-refractivity contribution in [2.75, 3.05) is 13.7 Å². The third-order valence-corrected chi connectivity index (χ3v) is 5.31. The number of hydrogen-bond acceptors (Lipinski definition) is 4. The molecule has 1 N–H and O–H groups in total. The SMILES string of the molecule is COC(=O)C(CNC(=O)c1sccc1Br)Cc1ccc(C)cc1. The number of hydrogen-bond donors (Lipinski definition) is 1. The van der Waals surface area contributed by atoms with Crippen LogP contribution >= 0.6 is 27.3 Å². The molecule has 0 aliphatic carbocycles. The Labute approximate surface area is 148 Å². The number of nitrogens with one attached hydrogen (secondary N) is 1. The molecule has 6 heteroatoms. The first-order valence-electron chi connectivity index (χ1n) is 7.16. The third-order valence-electron chi connectivity index (χ3n) is 3.47. The molecule has 1 atom stereocenters. The lowest BCUT2D eigenvalue weighted by Gasteiger charge is -2.15. The van der Waals surface area contributed by atoms with Crippen LogP contribution in [0.3, 0.4) is 0 Å². The Kier molecular flexibility index (Phi) is 6.36. The van der Waals surface area contributed by atoms with Gasteiger partial charge in [-0.3, -0.25) is 9.59 Å². The van der Waals surface area contributed by atoms with Crippen LogP contribution in [0.25, 0.3) is 0 Å². The summed E-state index contributed by atoms with van der Waals surface area (Å²) in [7, 11) is 1.36. The van der Waals surface area contributed by atoms with Crippen molar-refractivity contribution < 1.29 is 14.3 Å². The van der Waals surface area contributed by atoms with E-state index in [-0.39, 0.29) is 18.4 Å². The van der Waals surface area contributed by atoms with E-state index in [9.17, 15) is 9.59 Å². The lowest BCUT2D eigenvalue weighted by molar-refractivity contribution is -0.145. The van der Waals surface area contributed by atoms with Gasteiger partial charge in [0, 0.05) is 11.0 Å². The van der Waals surface area contributed by atoms with Gasteiger partial charge in [0.1, 0.15) is 4.88 Å². The van der Waals surface area contributed by atoms with Crippen LogP contribution in [0.1, 0.15) is 20.8 Å². The average molecular weight is 396 g/mol. The molecule has 0 radical (unpaired) electrons. The molecule has 0 fully saturated rings. The number of benzene rings is 1. The predicted molar refractivity (Wildman–Crippen MR) is 94.7 cm³/mol. The van der Waals surface area contributed by atoms with E-state index in [1.807, 2.05) is 42.6 Å². The first-order valence-corrected chi connectivity index (χ1v) is 8.83. The zero-order valence-electron chi connectivity index (χ0n) is 13.0. The number of carbonyl (C=O) groups is 2. The van der Waals surface area contributed by atoms with Gasteiger partial charge in [0.15, 0.2) is 0 Å². The molecule has 1 aromatic carbocycles. The van der Waals surface area contributed by atoms with Crippen molar-refractivity contribution >= 4 is 39.1 Å². The molecule has 2 rings (SSSR count). The van der Waals surface area contributed by atoms with Crippen LogP contribution < -0.4 is 5.32 Å². The zero-order chi connectivity index (χ0) is 16.8. The minimum Gasteiger partial charge on any atom is -0.469 e. The summed E-state index contributed by atoms with van der Waals surface area (Å²) in [4.78, 5) is 24.7. The number of esters is 1. The van der Waals surface area contributed by atoms with Crippen LogP contribution in [0.2, 0.25) is 0 Å². The van der Waals surface area contributed by atoms with E-state index in [1.165, 1.54) is 24.0 Å². The molecule has 4 nitrogen and oxygen atoms in total. The Hall–Kier alpha value is -1.66. The maximum atomic E-state index is 12.2. The summed E-state index contributed by atoms with van der Waals surface area (Å²) < 4.78 is 5.62. The highest BCUT2D eigenvalue weighted by molar-refractivity contribution is 9.10. The number of aryl methyl sites for hydroxylation is 1. The summed E-state index contributed by atoms with van der Waals surface area (Å²) in [6, 6.07) is 9.81. The number of methoxy groups -OCH3 is 1. The largest absolute Gasteiger partial charge is 0.469 e. The molecule has 1 amide bonds.